The van der Waals surface area contributed by atoms with Crippen molar-refractivity contribution in [2.75, 3.05) is 11.6 Å². The molecule has 8 heteroatoms. The molecule has 2 aromatic carbocycles. The highest BCUT2D eigenvalue weighted by Gasteiger charge is 2.32. The van der Waals surface area contributed by atoms with Crippen LogP contribution < -0.4 is 10.0 Å². The summed E-state index contributed by atoms with van der Waals surface area (Å²) < 4.78 is 27.0. The first-order valence-corrected chi connectivity index (χ1v) is 11.2. The summed E-state index contributed by atoms with van der Waals surface area (Å²) in [5.41, 5.74) is 1.17. The van der Waals surface area contributed by atoms with Crippen LogP contribution in [-0.4, -0.2) is 32.5 Å². The monoisotopic (exact) mass is 403 g/mol. The number of anilines is 1. The van der Waals surface area contributed by atoms with Crippen LogP contribution in [0.1, 0.15) is 19.4 Å². The standard InChI is InChI=1S/C19H21N3O3S2/c1-12(2)17(19(23)20-13-7-6-8-14(11-13)26-3)21-18-15-9-4-5-10-16(15)27(24,25)22-18/h4-12,17H,1-3H3,(H,20,23)(H,21,22). The molecule has 3 rings (SSSR count). The van der Waals surface area contributed by atoms with Crippen LogP contribution in [0, 0.1) is 5.92 Å². The average molecular weight is 404 g/mol. The molecule has 1 aliphatic rings. The highest BCUT2D eigenvalue weighted by atomic mass is 32.2. The number of sulfonamides is 1. The Morgan fingerprint density at radius 3 is 2.59 bits per heavy atom. The summed E-state index contributed by atoms with van der Waals surface area (Å²) in [6, 6.07) is 13.4. The van der Waals surface area contributed by atoms with Crippen molar-refractivity contribution in [3.05, 3.63) is 54.1 Å². The van der Waals surface area contributed by atoms with Gasteiger partial charge in [-0.2, -0.15) is 0 Å². The Balaban J connectivity index is 1.90. The molecule has 1 heterocycles. The molecule has 0 saturated heterocycles. The number of nitrogens with zero attached hydrogens (tertiary/aromatic N) is 1. The van der Waals surface area contributed by atoms with E-state index in [0.29, 0.717) is 11.3 Å². The van der Waals surface area contributed by atoms with Crippen molar-refractivity contribution >= 4 is 39.2 Å². The molecule has 6 nitrogen and oxygen atoms in total. The number of amidine groups is 1. The van der Waals surface area contributed by atoms with E-state index in [0.717, 1.165) is 4.90 Å². The third kappa shape index (κ3) is 4.17. The van der Waals surface area contributed by atoms with Gasteiger partial charge in [0.25, 0.3) is 10.0 Å². The van der Waals surface area contributed by atoms with Crippen molar-refractivity contribution in [3.8, 4) is 0 Å². The molecule has 1 unspecified atom stereocenters. The summed E-state index contributed by atoms with van der Waals surface area (Å²) in [7, 11) is -3.63. The van der Waals surface area contributed by atoms with Gasteiger partial charge in [0.05, 0.1) is 4.90 Å². The second kappa shape index (κ2) is 7.74. The van der Waals surface area contributed by atoms with Gasteiger partial charge in [-0.25, -0.2) is 8.42 Å². The topological polar surface area (TPSA) is 87.6 Å². The zero-order chi connectivity index (χ0) is 19.6. The fourth-order valence-electron chi connectivity index (χ4n) is 2.80. The third-order valence-electron chi connectivity index (χ3n) is 4.17. The molecular formula is C19H21N3O3S2. The van der Waals surface area contributed by atoms with Crippen molar-refractivity contribution < 1.29 is 13.2 Å². The number of hydrogen-bond donors (Lipinski definition) is 2. The fourth-order valence-corrected chi connectivity index (χ4v) is 4.49. The van der Waals surface area contributed by atoms with Crippen LogP contribution in [0.15, 0.2) is 63.3 Å². The maximum absolute atomic E-state index is 12.8. The lowest BCUT2D eigenvalue weighted by molar-refractivity contribution is -0.118. The molecule has 1 amide bonds. The van der Waals surface area contributed by atoms with Crippen LogP contribution in [0.25, 0.3) is 0 Å². The van der Waals surface area contributed by atoms with Crippen LogP contribution >= 0.6 is 11.8 Å². The molecular weight excluding hydrogens is 382 g/mol. The van der Waals surface area contributed by atoms with Gasteiger partial charge in [-0.15, -0.1) is 11.8 Å². The van der Waals surface area contributed by atoms with Gasteiger partial charge in [0.15, 0.2) is 0 Å². The molecule has 27 heavy (non-hydrogen) atoms. The second-order valence-electron chi connectivity index (χ2n) is 6.49. The van der Waals surface area contributed by atoms with Gasteiger partial charge in [0, 0.05) is 16.1 Å². The SMILES string of the molecule is CSc1cccc(NC(=O)C(N=C2NS(=O)(=O)c3ccccc32)C(C)C)c1. The lowest BCUT2D eigenvalue weighted by Crippen LogP contribution is -2.34. The summed E-state index contributed by atoms with van der Waals surface area (Å²) in [5.74, 6) is -0.185. The van der Waals surface area contributed by atoms with Crippen molar-refractivity contribution in [2.24, 2.45) is 10.9 Å². The lowest BCUT2D eigenvalue weighted by Gasteiger charge is -2.17. The zero-order valence-electron chi connectivity index (χ0n) is 15.3. The normalized spacial score (nSPS) is 17.4. The van der Waals surface area contributed by atoms with Gasteiger partial charge in [-0.1, -0.05) is 32.0 Å². The van der Waals surface area contributed by atoms with Crippen molar-refractivity contribution in [1.82, 2.24) is 4.72 Å². The van der Waals surface area contributed by atoms with Gasteiger partial charge in [0.2, 0.25) is 5.91 Å². The summed E-state index contributed by atoms with van der Waals surface area (Å²) in [5, 5.41) is 2.88. The predicted octanol–water partition coefficient (Wildman–Crippen LogP) is 3.11. The van der Waals surface area contributed by atoms with Crippen molar-refractivity contribution in [2.45, 2.75) is 29.7 Å². The number of benzene rings is 2. The Hall–Kier alpha value is -2.32. The molecule has 0 saturated carbocycles. The minimum Gasteiger partial charge on any atom is -0.324 e. The number of aliphatic imine (C=N–C) groups is 1. The first-order valence-electron chi connectivity index (χ1n) is 8.47. The Labute approximate surface area is 163 Å². The third-order valence-corrected chi connectivity index (χ3v) is 6.29. The van der Waals surface area contributed by atoms with Crippen LogP contribution in [0.3, 0.4) is 0 Å². The van der Waals surface area contributed by atoms with Crippen LogP contribution in [0.5, 0.6) is 0 Å². The Morgan fingerprint density at radius 1 is 1.15 bits per heavy atom. The molecule has 0 fully saturated rings. The molecule has 142 valence electrons. The second-order valence-corrected chi connectivity index (χ2v) is 9.02. The summed E-state index contributed by atoms with van der Waals surface area (Å²) in [6.07, 6.45) is 1.97. The van der Waals surface area contributed by atoms with Gasteiger partial charge in [-0.05, 0) is 42.5 Å². The lowest BCUT2D eigenvalue weighted by atomic mass is 10.0. The summed E-state index contributed by atoms with van der Waals surface area (Å²) >= 11 is 1.59. The molecule has 2 aromatic rings. The van der Waals surface area contributed by atoms with Crippen molar-refractivity contribution in [1.29, 1.82) is 0 Å². The van der Waals surface area contributed by atoms with Gasteiger partial charge >= 0.3 is 0 Å². The van der Waals surface area contributed by atoms with E-state index in [-0.39, 0.29) is 22.6 Å². The largest absolute Gasteiger partial charge is 0.324 e. The number of carbonyl (C=O) groups excluding carboxylic acids is 1. The van der Waals surface area contributed by atoms with Crippen LogP contribution in [0.2, 0.25) is 0 Å². The van der Waals surface area contributed by atoms with Gasteiger partial charge in [0.1, 0.15) is 11.9 Å². The minimum atomic E-state index is -3.63. The van der Waals surface area contributed by atoms with Crippen molar-refractivity contribution in [3.63, 3.8) is 0 Å². The first-order chi connectivity index (χ1) is 12.8. The number of rotatable bonds is 5. The van der Waals surface area contributed by atoms with E-state index >= 15 is 0 Å². The quantitative estimate of drug-likeness (QED) is 0.751. The van der Waals surface area contributed by atoms with E-state index in [1.807, 2.05) is 44.4 Å². The molecule has 0 bridgehead atoms. The highest BCUT2D eigenvalue weighted by molar-refractivity contribution is 7.98. The number of nitrogens with one attached hydrogen (secondary N) is 2. The zero-order valence-corrected chi connectivity index (χ0v) is 16.9. The molecule has 0 radical (unpaired) electrons. The maximum Gasteiger partial charge on any atom is 0.263 e. The number of thioether (sulfide) groups is 1. The van der Waals surface area contributed by atoms with E-state index in [1.165, 1.54) is 6.07 Å². The Morgan fingerprint density at radius 2 is 1.89 bits per heavy atom. The Kier molecular flexibility index (Phi) is 5.57. The molecule has 2 N–H and O–H groups in total. The van der Waals surface area contributed by atoms with E-state index in [1.54, 1.807) is 30.0 Å². The first kappa shape index (κ1) is 19.4. The number of carbonyl (C=O) groups is 1. The van der Waals surface area contributed by atoms with Gasteiger partial charge < -0.3 is 5.32 Å². The number of amides is 1. The van der Waals surface area contributed by atoms with Crippen LogP contribution in [0.4, 0.5) is 5.69 Å². The number of hydrogen-bond acceptors (Lipinski definition) is 5. The minimum absolute atomic E-state index is 0.113. The maximum atomic E-state index is 12.8. The molecule has 1 aliphatic heterocycles. The van der Waals surface area contributed by atoms with E-state index in [4.69, 9.17) is 0 Å². The summed E-state index contributed by atoms with van der Waals surface area (Å²) in [4.78, 5) is 18.5. The average Bonchev–Trinajstić information content (AvgIpc) is 2.90. The molecule has 0 spiro atoms. The fraction of sp³-hybridized carbons (Fsp3) is 0.263. The number of fused-ring (bicyclic) bond motifs is 1. The van der Waals surface area contributed by atoms with Gasteiger partial charge in [-0.3, -0.25) is 14.5 Å². The van der Waals surface area contributed by atoms with E-state index in [9.17, 15) is 13.2 Å². The molecule has 1 atom stereocenters. The van der Waals surface area contributed by atoms with E-state index in [2.05, 4.69) is 15.0 Å². The predicted molar refractivity (Wildman–Crippen MR) is 109 cm³/mol. The Bertz CT molecular complexity index is 1000. The molecule has 0 aromatic heterocycles. The molecule has 0 aliphatic carbocycles. The summed E-state index contributed by atoms with van der Waals surface area (Å²) in [6.45, 7) is 3.75. The smallest absolute Gasteiger partial charge is 0.263 e. The van der Waals surface area contributed by atoms with E-state index < -0.39 is 16.1 Å². The van der Waals surface area contributed by atoms with Crippen LogP contribution in [-0.2, 0) is 14.8 Å². The highest BCUT2D eigenvalue weighted by Crippen LogP contribution is 2.24.